The monoisotopic (exact) mass is 674 g/mol. The maximum absolute atomic E-state index is 14.4. The molecule has 3 aromatic carbocycles. The molecular formula is C36H42N4O9. The lowest BCUT2D eigenvalue weighted by molar-refractivity contribution is 0.0527. The zero-order chi connectivity index (χ0) is 34.8. The molecule has 4 aromatic rings. The summed E-state index contributed by atoms with van der Waals surface area (Å²) in [4.78, 5) is 41.6. The van der Waals surface area contributed by atoms with Gasteiger partial charge in [0.05, 0.1) is 64.3 Å². The van der Waals surface area contributed by atoms with Crippen LogP contribution in [0, 0.1) is 5.92 Å². The van der Waals surface area contributed by atoms with Crippen molar-refractivity contribution in [1.29, 1.82) is 0 Å². The Hall–Kier alpha value is -5.17. The predicted octanol–water partition coefficient (Wildman–Crippen LogP) is 3.97. The third-order valence-electron chi connectivity index (χ3n) is 9.65. The summed E-state index contributed by atoms with van der Waals surface area (Å²) < 4.78 is 35.4. The molecule has 1 saturated heterocycles. The molecule has 1 aliphatic carbocycles. The highest BCUT2D eigenvalue weighted by Gasteiger charge is 2.41. The number of hydrogen-bond donors (Lipinski definition) is 2. The molecule has 13 heteroatoms. The van der Waals surface area contributed by atoms with Gasteiger partial charge in [0.15, 0.2) is 23.0 Å². The molecule has 260 valence electrons. The molecule has 1 aromatic heterocycles. The summed E-state index contributed by atoms with van der Waals surface area (Å²) in [5.74, 6) is 2.18. The summed E-state index contributed by atoms with van der Waals surface area (Å²) in [6, 6.07) is 12.3. The summed E-state index contributed by atoms with van der Waals surface area (Å²) >= 11 is 0. The first kappa shape index (κ1) is 33.7. The van der Waals surface area contributed by atoms with Gasteiger partial charge in [-0.1, -0.05) is 12.1 Å². The van der Waals surface area contributed by atoms with Crippen LogP contribution in [0.1, 0.15) is 47.2 Å². The van der Waals surface area contributed by atoms with Crippen molar-refractivity contribution < 1.29 is 33.2 Å². The summed E-state index contributed by atoms with van der Waals surface area (Å²) in [5.41, 5.74) is 4.99. The molecule has 13 nitrogen and oxygen atoms in total. The highest BCUT2D eigenvalue weighted by molar-refractivity contribution is 5.97. The summed E-state index contributed by atoms with van der Waals surface area (Å²) in [6.45, 7) is 2.83. The van der Waals surface area contributed by atoms with Gasteiger partial charge in [-0.15, -0.1) is 0 Å². The molecule has 3 atom stereocenters. The van der Waals surface area contributed by atoms with E-state index < -0.39 is 17.2 Å². The second-order valence-electron chi connectivity index (χ2n) is 12.0. The molecule has 0 bridgehead atoms. The minimum absolute atomic E-state index is 0.0335. The van der Waals surface area contributed by atoms with Crippen molar-refractivity contribution >= 4 is 22.6 Å². The minimum atomic E-state index is -0.637. The van der Waals surface area contributed by atoms with Crippen LogP contribution in [0.3, 0.4) is 0 Å². The Morgan fingerprint density at radius 1 is 0.898 bits per heavy atom. The Balaban J connectivity index is 1.46. The lowest BCUT2D eigenvalue weighted by atomic mass is 9.73. The lowest BCUT2D eigenvalue weighted by Crippen LogP contribution is -2.43. The Labute approximate surface area is 283 Å². The van der Waals surface area contributed by atoms with Crippen LogP contribution in [0.4, 0.5) is 5.69 Å². The average Bonchev–Trinajstić information content (AvgIpc) is 3.55. The maximum atomic E-state index is 14.4. The van der Waals surface area contributed by atoms with Crippen molar-refractivity contribution in [2.24, 2.45) is 5.92 Å². The van der Waals surface area contributed by atoms with Crippen molar-refractivity contribution in [3.63, 3.8) is 0 Å². The minimum Gasteiger partial charge on any atom is -0.496 e. The van der Waals surface area contributed by atoms with E-state index in [1.165, 1.54) is 60.9 Å². The fourth-order valence-electron chi connectivity index (χ4n) is 7.33. The van der Waals surface area contributed by atoms with Gasteiger partial charge in [-0.2, -0.15) is 0 Å². The van der Waals surface area contributed by atoms with E-state index in [0.29, 0.717) is 35.3 Å². The summed E-state index contributed by atoms with van der Waals surface area (Å²) in [6.07, 6.45) is 2.50. The molecule has 49 heavy (non-hydrogen) atoms. The molecular weight excluding hydrogens is 632 g/mol. The number of anilines is 1. The number of rotatable bonds is 12. The second kappa shape index (κ2) is 14.1. The van der Waals surface area contributed by atoms with Crippen LogP contribution in [0.5, 0.6) is 28.7 Å². The maximum Gasteiger partial charge on any atom is 0.350 e. The van der Waals surface area contributed by atoms with Crippen LogP contribution < -0.4 is 45.7 Å². The van der Waals surface area contributed by atoms with Crippen LogP contribution in [0.25, 0.3) is 10.9 Å². The van der Waals surface area contributed by atoms with E-state index in [1.54, 1.807) is 26.2 Å². The zero-order valence-electron chi connectivity index (χ0n) is 28.6. The van der Waals surface area contributed by atoms with Gasteiger partial charge < -0.3 is 33.7 Å². The average molecular weight is 675 g/mol. The number of benzene rings is 3. The number of nitrogens with one attached hydrogen (secondary N) is 2. The van der Waals surface area contributed by atoms with Gasteiger partial charge >= 0.3 is 11.7 Å². The first-order valence-corrected chi connectivity index (χ1v) is 16.3. The lowest BCUT2D eigenvalue weighted by Gasteiger charge is -2.32. The van der Waals surface area contributed by atoms with Crippen molar-refractivity contribution in [2.45, 2.75) is 44.7 Å². The molecule has 0 saturated carbocycles. The van der Waals surface area contributed by atoms with Crippen LogP contribution in [-0.4, -0.2) is 70.0 Å². The molecule has 0 amide bonds. The Morgan fingerprint density at radius 2 is 1.57 bits per heavy atom. The standard InChI is InChI=1S/C36H42N4O9/c1-7-49-35(42)23-15-29(45-3)31(47-5)17-26(23)38-40-27-18-32(48-6)30(46-4)16-24(27)34(41)39(36(40)43)14-13-25-33-20(19-37-25)11-12-21-22(33)9-8-10-28(21)44-2/h8-10,15-18,20,25,33,37-38H,7,11-14,19H2,1-6H3. The van der Waals surface area contributed by atoms with E-state index in [1.807, 2.05) is 12.1 Å². The van der Waals surface area contributed by atoms with Crippen molar-refractivity contribution in [2.75, 3.05) is 54.1 Å². The molecule has 1 aliphatic heterocycles. The van der Waals surface area contributed by atoms with Crippen molar-refractivity contribution in [3.8, 4) is 28.7 Å². The van der Waals surface area contributed by atoms with E-state index in [-0.39, 0.29) is 47.3 Å². The number of esters is 1. The van der Waals surface area contributed by atoms with Gasteiger partial charge in [-0.25, -0.2) is 14.3 Å². The number of carbonyl (C=O) groups is 1. The smallest absolute Gasteiger partial charge is 0.350 e. The molecule has 0 radical (unpaired) electrons. The van der Waals surface area contributed by atoms with Gasteiger partial charge in [0.2, 0.25) is 0 Å². The predicted molar refractivity (Wildman–Crippen MR) is 184 cm³/mol. The van der Waals surface area contributed by atoms with Crippen LogP contribution in [0.15, 0.2) is 52.1 Å². The summed E-state index contributed by atoms with van der Waals surface area (Å²) in [5, 5.41) is 3.89. The molecule has 3 unspecified atom stereocenters. The van der Waals surface area contributed by atoms with E-state index in [2.05, 4.69) is 16.8 Å². The normalized spacial score (nSPS) is 18.0. The highest BCUT2D eigenvalue weighted by atomic mass is 16.5. The van der Waals surface area contributed by atoms with Gasteiger partial charge in [-0.3, -0.25) is 14.8 Å². The molecule has 2 aliphatic rings. The third-order valence-corrected chi connectivity index (χ3v) is 9.65. The Kier molecular flexibility index (Phi) is 9.72. The number of carbonyl (C=O) groups excluding carboxylic acids is 1. The number of nitrogens with zero attached hydrogens (tertiary/aromatic N) is 2. The third kappa shape index (κ3) is 6.03. The topological polar surface area (TPSA) is 141 Å². The zero-order valence-corrected chi connectivity index (χ0v) is 28.6. The molecule has 6 rings (SSSR count). The van der Waals surface area contributed by atoms with E-state index in [9.17, 15) is 14.4 Å². The second-order valence-corrected chi connectivity index (χ2v) is 12.0. The van der Waals surface area contributed by atoms with Gasteiger partial charge in [0, 0.05) is 36.7 Å². The fourth-order valence-corrected chi connectivity index (χ4v) is 7.33. The highest BCUT2D eigenvalue weighted by Crippen LogP contribution is 2.45. The van der Waals surface area contributed by atoms with Crippen LogP contribution >= 0.6 is 0 Å². The van der Waals surface area contributed by atoms with E-state index >= 15 is 0 Å². The number of ether oxygens (including phenoxy) is 6. The van der Waals surface area contributed by atoms with Gasteiger partial charge in [0.1, 0.15) is 5.75 Å². The molecule has 1 fully saturated rings. The van der Waals surface area contributed by atoms with E-state index in [4.69, 9.17) is 28.4 Å². The SMILES string of the molecule is CCOC(=O)c1cc(OC)c(OC)cc1Nn1c(=O)n(CCC2NCC3CCc4c(OC)cccc4C32)c(=O)c2cc(OC)c(OC)cc21. The van der Waals surface area contributed by atoms with Crippen molar-refractivity contribution in [3.05, 3.63) is 80.0 Å². The van der Waals surface area contributed by atoms with Crippen LogP contribution in [0.2, 0.25) is 0 Å². The number of fused-ring (bicyclic) bond motifs is 4. The quantitative estimate of drug-likeness (QED) is 0.211. The van der Waals surface area contributed by atoms with E-state index in [0.717, 1.165) is 25.1 Å². The largest absolute Gasteiger partial charge is 0.496 e. The number of aromatic nitrogens is 2. The Morgan fingerprint density at radius 3 is 2.27 bits per heavy atom. The molecule has 2 heterocycles. The van der Waals surface area contributed by atoms with Gasteiger partial charge in [0.25, 0.3) is 5.56 Å². The summed E-state index contributed by atoms with van der Waals surface area (Å²) in [7, 11) is 7.56. The van der Waals surface area contributed by atoms with Crippen LogP contribution in [-0.2, 0) is 17.7 Å². The fraction of sp³-hybridized carbons (Fsp3) is 0.417. The molecule has 2 N–H and O–H groups in total. The number of hydrogen-bond acceptors (Lipinski definition) is 11. The first-order chi connectivity index (χ1) is 23.8. The van der Waals surface area contributed by atoms with Crippen molar-refractivity contribution in [1.82, 2.24) is 14.6 Å². The number of methoxy groups -OCH3 is 5. The Bertz CT molecular complexity index is 2000. The first-order valence-electron chi connectivity index (χ1n) is 16.3. The van der Waals surface area contributed by atoms with Gasteiger partial charge in [-0.05, 0) is 61.9 Å². The molecule has 0 spiro atoms.